The van der Waals surface area contributed by atoms with Gasteiger partial charge in [-0.2, -0.15) is 0 Å². The van der Waals surface area contributed by atoms with Crippen molar-refractivity contribution in [2.75, 3.05) is 10.6 Å². The lowest BCUT2D eigenvalue weighted by Gasteiger charge is -2.16. The fourth-order valence-corrected chi connectivity index (χ4v) is 3.14. The molecule has 0 heterocycles. The van der Waals surface area contributed by atoms with E-state index in [4.69, 9.17) is 5.73 Å². The molecule has 0 spiro atoms. The van der Waals surface area contributed by atoms with E-state index in [-0.39, 0.29) is 0 Å². The van der Waals surface area contributed by atoms with E-state index in [2.05, 4.69) is 44.8 Å². The molecule has 4 N–H and O–H groups in total. The van der Waals surface area contributed by atoms with Gasteiger partial charge in [0.05, 0.1) is 6.04 Å². The number of benzene rings is 2. The van der Waals surface area contributed by atoms with E-state index in [1.807, 2.05) is 24.3 Å². The minimum atomic E-state index is -0.550. The van der Waals surface area contributed by atoms with Crippen molar-refractivity contribution in [2.24, 2.45) is 5.73 Å². The summed E-state index contributed by atoms with van der Waals surface area (Å²) in [6.45, 7) is 0. The predicted octanol–water partition coefficient (Wildman–Crippen LogP) is 4.04. The van der Waals surface area contributed by atoms with Crippen molar-refractivity contribution in [3.05, 3.63) is 58.1 Å². The van der Waals surface area contributed by atoms with Gasteiger partial charge in [-0.1, -0.05) is 22.0 Å². The van der Waals surface area contributed by atoms with E-state index in [1.165, 1.54) is 11.1 Å². The third-order valence-corrected chi connectivity index (χ3v) is 4.17. The monoisotopic (exact) mass is 345 g/mol. The molecule has 1 aliphatic rings. The average molecular weight is 346 g/mol. The maximum atomic E-state index is 10.8. The number of fused-ring (bicyclic) bond motifs is 1. The number of halogens is 1. The second-order valence-corrected chi connectivity index (χ2v) is 6.06. The molecule has 0 saturated heterocycles. The molecule has 1 atom stereocenters. The molecule has 1 aliphatic carbocycles. The smallest absolute Gasteiger partial charge is 0.316 e. The molecule has 0 bridgehead atoms. The van der Waals surface area contributed by atoms with Gasteiger partial charge in [-0.3, -0.25) is 0 Å². The number of hydrogen-bond acceptors (Lipinski definition) is 2. The van der Waals surface area contributed by atoms with Gasteiger partial charge in [0, 0.05) is 15.8 Å². The molecular formula is C16H16BrN3O. The molecule has 2 aromatic carbocycles. The van der Waals surface area contributed by atoms with Crippen LogP contribution in [0, 0.1) is 0 Å². The zero-order valence-electron chi connectivity index (χ0n) is 11.4. The second kappa shape index (κ2) is 5.77. The van der Waals surface area contributed by atoms with Crippen LogP contribution in [-0.4, -0.2) is 6.03 Å². The van der Waals surface area contributed by atoms with Crippen molar-refractivity contribution >= 4 is 33.3 Å². The van der Waals surface area contributed by atoms with Crippen LogP contribution in [-0.2, 0) is 6.42 Å². The lowest BCUT2D eigenvalue weighted by atomic mass is 10.1. The standard InChI is InChI=1S/C16H16BrN3O/c17-11-2-7-14-10(9-11)1-8-15(14)19-12-3-5-13(6-4-12)20-16(18)21/h2-7,9,15,19H,1,8H2,(H3,18,20,21). The number of urea groups is 1. The van der Waals surface area contributed by atoms with Crippen LogP contribution in [0.2, 0.25) is 0 Å². The maximum Gasteiger partial charge on any atom is 0.316 e. The summed E-state index contributed by atoms with van der Waals surface area (Å²) in [5.41, 5.74) is 9.58. The molecule has 108 valence electrons. The van der Waals surface area contributed by atoms with Crippen LogP contribution >= 0.6 is 15.9 Å². The predicted molar refractivity (Wildman–Crippen MR) is 88.5 cm³/mol. The second-order valence-electron chi connectivity index (χ2n) is 5.15. The Morgan fingerprint density at radius 1 is 1.14 bits per heavy atom. The zero-order valence-corrected chi connectivity index (χ0v) is 13.0. The van der Waals surface area contributed by atoms with Crippen molar-refractivity contribution in [1.29, 1.82) is 0 Å². The molecule has 0 fully saturated rings. The first kappa shape index (κ1) is 13.9. The van der Waals surface area contributed by atoms with Crippen LogP contribution in [0.3, 0.4) is 0 Å². The van der Waals surface area contributed by atoms with E-state index in [1.54, 1.807) is 0 Å². The van der Waals surface area contributed by atoms with Gasteiger partial charge in [-0.05, 0) is 60.4 Å². The lowest BCUT2D eigenvalue weighted by molar-refractivity contribution is 0.259. The molecule has 2 amide bonds. The number of amides is 2. The third-order valence-electron chi connectivity index (χ3n) is 3.68. The van der Waals surface area contributed by atoms with E-state index >= 15 is 0 Å². The number of carbonyl (C=O) groups excluding carboxylic acids is 1. The highest BCUT2D eigenvalue weighted by molar-refractivity contribution is 9.10. The SMILES string of the molecule is NC(=O)Nc1ccc(NC2CCc3cc(Br)ccc32)cc1. The Balaban J connectivity index is 1.72. The van der Waals surface area contributed by atoms with Gasteiger partial charge in [0.2, 0.25) is 0 Å². The van der Waals surface area contributed by atoms with E-state index in [0.29, 0.717) is 11.7 Å². The highest BCUT2D eigenvalue weighted by Crippen LogP contribution is 2.35. The van der Waals surface area contributed by atoms with Crippen molar-refractivity contribution in [3.8, 4) is 0 Å². The molecular weight excluding hydrogens is 330 g/mol. The minimum absolute atomic E-state index is 0.336. The first-order chi connectivity index (χ1) is 10.1. The number of nitrogens with two attached hydrogens (primary N) is 1. The van der Waals surface area contributed by atoms with Gasteiger partial charge in [0.1, 0.15) is 0 Å². The lowest BCUT2D eigenvalue weighted by Crippen LogP contribution is -2.19. The highest BCUT2D eigenvalue weighted by Gasteiger charge is 2.22. The molecule has 0 aromatic heterocycles. The van der Waals surface area contributed by atoms with Gasteiger partial charge < -0.3 is 16.4 Å². The van der Waals surface area contributed by atoms with E-state index in [9.17, 15) is 4.79 Å². The van der Waals surface area contributed by atoms with Gasteiger partial charge in [0.25, 0.3) is 0 Å². The molecule has 21 heavy (non-hydrogen) atoms. The zero-order chi connectivity index (χ0) is 14.8. The molecule has 0 radical (unpaired) electrons. The van der Waals surface area contributed by atoms with Crippen LogP contribution in [0.25, 0.3) is 0 Å². The number of rotatable bonds is 3. The highest BCUT2D eigenvalue weighted by atomic mass is 79.9. The molecule has 1 unspecified atom stereocenters. The van der Waals surface area contributed by atoms with Crippen LogP contribution < -0.4 is 16.4 Å². The van der Waals surface area contributed by atoms with Gasteiger partial charge in [-0.25, -0.2) is 4.79 Å². The van der Waals surface area contributed by atoms with E-state index in [0.717, 1.165) is 23.0 Å². The summed E-state index contributed by atoms with van der Waals surface area (Å²) >= 11 is 3.51. The summed E-state index contributed by atoms with van der Waals surface area (Å²) in [5, 5.41) is 6.09. The Labute approximate surface area is 131 Å². The first-order valence-electron chi connectivity index (χ1n) is 6.83. The Morgan fingerprint density at radius 3 is 2.57 bits per heavy atom. The first-order valence-corrected chi connectivity index (χ1v) is 7.62. The summed E-state index contributed by atoms with van der Waals surface area (Å²) in [5.74, 6) is 0. The maximum absolute atomic E-state index is 10.8. The summed E-state index contributed by atoms with van der Waals surface area (Å²) < 4.78 is 1.13. The Kier molecular flexibility index (Phi) is 3.84. The Morgan fingerprint density at radius 2 is 1.86 bits per heavy atom. The number of aryl methyl sites for hydroxylation is 1. The number of nitrogens with one attached hydrogen (secondary N) is 2. The topological polar surface area (TPSA) is 67.2 Å². The summed E-state index contributed by atoms with van der Waals surface area (Å²) in [6.07, 6.45) is 2.18. The van der Waals surface area contributed by atoms with Crippen molar-refractivity contribution in [3.63, 3.8) is 0 Å². The Hall–Kier alpha value is -2.01. The normalized spacial score (nSPS) is 16.3. The molecule has 3 rings (SSSR count). The molecule has 4 nitrogen and oxygen atoms in total. The van der Waals surface area contributed by atoms with Gasteiger partial charge in [-0.15, -0.1) is 0 Å². The van der Waals surface area contributed by atoms with Crippen molar-refractivity contribution < 1.29 is 4.79 Å². The van der Waals surface area contributed by atoms with Crippen LogP contribution in [0.4, 0.5) is 16.2 Å². The number of hydrogen-bond donors (Lipinski definition) is 3. The fraction of sp³-hybridized carbons (Fsp3) is 0.188. The molecule has 0 saturated carbocycles. The van der Waals surface area contributed by atoms with Crippen LogP contribution in [0.5, 0.6) is 0 Å². The minimum Gasteiger partial charge on any atom is -0.378 e. The number of carbonyl (C=O) groups is 1. The molecule has 0 aliphatic heterocycles. The van der Waals surface area contributed by atoms with Gasteiger partial charge >= 0.3 is 6.03 Å². The summed E-state index contributed by atoms with van der Waals surface area (Å²) in [6, 6.07) is 13.8. The largest absolute Gasteiger partial charge is 0.378 e. The summed E-state index contributed by atoms with van der Waals surface area (Å²) in [7, 11) is 0. The van der Waals surface area contributed by atoms with Crippen molar-refractivity contribution in [2.45, 2.75) is 18.9 Å². The Bertz CT molecular complexity index is 670. The van der Waals surface area contributed by atoms with E-state index < -0.39 is 6.03 Å². The third kappa shape index (κ3) is 3.19. The average Bonchev–Trinajstić information content (AvgIpc) is 2.83. The number of anilines is 2. The van der Waals surface area contributed by atoms with Crippen molar-refractivity contribution in [1.82, 2.24) is 0 Å². The number of primary amides is 1. The van der Waals surface area contributed by atoms with Gasteiger partial charge in [0.15, 0.2) is 0 Å². The molecule has 2 aromatic rings. The van der Waals surface area contributed by atoms with Crippen LogP contribution in [0.1, 0.15) is 23.6 Å². The quantitative estimate of drug-likeness (QED) is 0.785. The molecule has 5 heteroatoms. The summed E-state index contributed by atoms with van der Waals surface area (Å²) in [4.78, 5) is 10.8. The van der Waals surface area contributed by atoms with Crippen LogP contribution in [0.15, 0.2) is 46.9 Å². The fourth-order valence-electron chi connectivity index (χ4n) is 2.73.